The number of benzene rings is 1. The van der Waals surface area contributed by atoms with Gasteiger partial charge >= 0.3 is 0 Å². The Bertz CT molecular complexity index is 709. The van der Waals surface area contributed by atoms with Crippen LogP contribution in [-0.2, 0) is 17.9 Å². The van der Waals surface area contributed by atoms with Crippen molar-refractivity contribution in [1.82, 2.24) is 10.1 Å². The summed E-state index contributed by atoms with van der Waals surface area (Å²) in [6.45, 7) is 1.28. The summed E-state index contributed by atoms with van der Waals surface area (Å²) in [5.41, 5.74) is 1.08. The van der Waals surface area contributed by atoms with Crippen LogP contribution < -0.4 is 4.74 Å². The largest absolute Gasteiger partial charge is 0.496 e. The van der Waals surface area contributed by atoms with Crippen LogP contribution in [0.2, 0.25) is 0 Å². The van der Waals surface area contributed by atoms with E-state index in [4.69, 9.17) is 19.1 Å². The summed E-state index contributed by atoms with van der Waals surface area (Å²) in [4.78, 5) is 14.6. The predicted molar refractivity (Wildman–Crippen MR) is 89.1 cm³/mol. The van der Waals surface area contributed by atoms with Crippen LogP contribution in [0.3, 0.4) is 0 Å². The Morgan fingerprint density at radius 3 is 2.96 bits per heavy atom. The highest BCUT2D eigenvalue weighted by Gasteiger charge is 2.26. The number of ether oxygens (including phenoxy) is 2. The van der Waals surface area contributed by atoms with Crippen molar-refractivity contribution in [1.29, 1.82) is 0 Å². The summed E-state index contributed by atoms with van der Waals surface area (Å²) in [5.74, 6) is 0.728. The molecule has 1 amide bonds. The number of carbonyl (C=O) groups excluding carboxylic acids is 1. The molecule has 0 saturated carbocycles. The second-order valence-corrected chi connectivity index (χ2v) is 5.97. The third-order valence-electron chi connectivity index (χ3n) is 4.22. The number of aliphatic hydroxyl groups excluding tert-OH is 1. The molecule has 1 unspecified atom stereocenters. The van der Waals surface area contributed by atoms with Gasteiger partial charge in [-0.2, -0.15) is 0 Å². The van der Waals surface area contributed by atoms with E-state index in [0.717, 1.165) is 30.8 Å². The number of aromatic nitrogens is 1. The first-order chi connectivity index (χ1) is 12.2. The number of nitrogens with zero attached hydrogens (tertiary/aromatic N) is 2. The fraction of sp³-hybridized carbons (Fsp3) is 0.444. The molecule has 1 atom stereocenters. The second kappa shape index (κ2) is 8.13. The molecule has 1 aromatic heterocycles. The third-order valence-corrected chi connectivity index (χ3v) is 4.22. The highest BCUT2D eigenvalue weighted by atomic mass is 16.5. The molecule has 0 spiro atoms. The van der Waals surface area contributed by atoms with Crippen molar-refractivity contribution in [3.63, 3.8) is 0 Å². The second-order valence-electron chi connectivity index (χ2n) is 5.97. The highest BCUT2D eigenvalue weighted by Crippen LogP contribution is 2.22. The minimum absolute atomic E-state index is 0.0165. The fourth-order valence-corrected chi connectivity index (χ4v) is 2.94. The van der Waals surface area contributed by atoms with Gasteiger partial charge in [0, 0.05) is 31.3 Å². The maximum atomic E-state index is 12.9. The van der Waals surface area contributed by atoms with Crippen LogP contribution in [0.4, 0.5) is 0 Å². The number of carbonyl (C=O) groups is 1. The van der Waals surface area contributed by atoms with E-state index in [1.54, 1.807) is 12.0 Å². The minimum atomic E-state index is -0.293. The standard InChI is InChI=1S/C18H22N2O5/c1-23-17-7-3-2-5-13(17)10-20(11-14-6-4-8-24-14)18(22)16-9-15(12-21)25-19-16/h2-3,5,7,9,14,21H,4,6,8,10-12H2,1H3. The van der Waals surface area contributed by atoms with E-state index in [1.807, 2.05) is 24.3 Å². The van der Waals surface area contributed by atoms with Crippen molar-refractivity contribution in [3.8, 4) is 5.75 Å². The molecule has 1 aliphatic heterocycles. The fourth-order valence-electron chi connectivity index (χ4n) is 2.94. The van der Waals surface area contributed by atoms with Crippen LogP contribution in [0, 0.1) is 0 Å². The molecule has 0 aliphatic carbocycles. The topological polar surface area (TPSA) is 85.0 Å². The lowest BCUT2D eigenvalue weighted by atomic mass is 10.1. The maximum Gasteiger partial charge on any atom is 0.276 e. The Balaban J connectivity index is 1.82. The van der Waals surface area contributed by atoms with Crippen LogP contribution in [-0.4, -0.2) is 47.4 Å². The third kappa shape index (κ3) is 4.18. The van der Waals surface area contributed by atoms with E-state index < -0.39 is 0 Å². The quantitative estimate of drug-likeness (QED) is 0.825. The molecular weight excluding hydrogens is 324 g/mol. The summed E-state index contributed by atoms with van der Waals surface area (Å²) < 4.78 is 16.0. The molecule has 1 N–H and O–H groups in total. The Hall–Kier alpha value is -2.38. The number of para-hydroxylation sites is 1. The summed E-state index contributed by atoms with van der Waals surface area (Å²) >= 11 is 0. The van der Waals surface area contributed by atoms with E-state index in [9.17, 15) is 4.79 Å². The molecule has 7 nitrogen and oxygen atoms in total. The molecule has 2 heterocycles. The summed E-state index contributed by atoms with van der Waals surface area (Å²) in [6.07, 6.45) is 1.94. The van der Waals surface area contributed by atoms with Crippen molar-refractivity contribution in [2.75, 3.05) is 20.3 Å². The van der Waals surface area contributed by atoms with E-state index in [0.29, 0.717) is 13.1 Å². The van der Waals surface area contributed by atoms with E-state index in [-0.39, 0.29) is 30.1 Å². The molecule has 7 heteroatoms. The Kier molecular flexibility index (Phi) is 5.67. The van der Waals surface area contributed by atoms with E-state index >= 15 is 0 Å². The lowest BCUT2D eigenvalue weighted by molar-refractivity contribution is 0.0498. The maximum absolute atomic E-state index is 12.9. The molecule has 25 heavy (non-hydrogen) atoms. The SMILES string of the molecule is COc1ccccc1CN(CC1CCCO1)C(=O)c1cc(CO)on1. The molecular formula is C18H22N2O5. The first-order valence-electron chi connectivity index (χ1n) is 8.30. The molecule has 1 saturated heterocycles. The van der Waals surface area contributed by atoms with Crippen LogP contribution >= 0.6 is 0 Å². The average molecular weight is 346 g/mol. The van der Waals surface area contributed by atoms with Gasteiger partial charge in [-0.3, -0.25) is 4.79 Å². The van der Waals surface area contributed by atoms with Gasteiger partial charge in [-0.25, -0.2) is 0 Å². The zero-order valence-corrected chi connectivity index (χ0v) is 14.2. The van der Waals surface area contributed by atoms with Gasteiger partial charge < -0.3 is 24.0 Å². The lowest BCUT2D eigenvalue weighted by Gasteiger charge is -2.25. The number of amides is 1. The minimum Gasteiger partial charge on any atom is -0.496 e. The van der Waals surface area contributed by atoms with Gasteiger partial charge in [0.2, 0.25) is 0 Å². The number of aliphatic hydroxyl groups is 1. The van der Waals surface area contributed by atoms with Gasteiger partial charge in [-0.15, -0.1) is 0 Å². The zero-order chi connectivity index (χ0) is 17.6. The van der Waals surface area contributed by atoms with Gasteiger partial charge in [0.15, 0.2) is 11.5 Å². The van der Waals surface area contributed by atoms with E-state index in [2.05, 4.69) is 5.16 Å². The average Bonchev–Trinajstić information content (AvgIpc) is 3.32. The first kappa shape index (κ1) is 17.4. The Morgan fingerprint density at radius 2 is 2.28 bits per heavy atom. The summed E-state index contributed by atoms with van der Waals surface area (Å²) in [5, 5.41) is 12.9. The lowest BCUT2D eigenvalue weighted by Crippen LogP contribution is -2.37. The van der Waals surface area contributed by atoms with Crippen LogP contribution in [0.1, 0.15) is 34.7 Å². The number of hydrogen-bond acceptors (Lipinski definition) is 6. The Morgan fingerprint density at radius 1 is 1.44 bits per heavy atom. The Labute approximate surface area is 146 Å². The molecule has 2 aromatic rings. The zero-order valence-electron chi connectivity index (χ0n) is 14.2. The van der Waals surface area contributed by atoms with Crippen LogP contribution in [0.5, 0.6) is 5.75 Å². The first-order valence-corrected chi connectivity index (χ1v) is 8.30. The van der Waals surface area contributed by atoms with Crippen LogP contribution in [0.15, 0.2) is 34.9 Å². The van der Waals surface area contributed by atoms with Gasteiger partial charge in [0.25, 0.3) is 5.91 Å². The number of hydrogen-bond donors (Lipinski definition) is 1. The molecule has 1 fully saturated rings. The molecule has 1 aromatic carbocycles. The molecule has 3 rings (SSSR count). The predicted octanol–water partition coefficient (Wildman–Crippen LogP) is 2.00. The van der Waals surface area contributed by atoms with Gasteiger partial charge in [0.05, 0.1) is 13.2 Å². The summed E-state index contributed by atoms with van der Waals surface area (Å²) in [6, 6.07) is 9.06. The van der Waals surface area contributed by atoms with Crippen LogP contribution in [0.25, 0.3) is 0 Å². The molecule has 0 radical (unpaired) electrons. The highest BCUT2D eigenvalue weighted by molar-refractivity contribution is 5.92. The van der Waals surface area contributed by atoms with E-state index in [1.165, 1.54) is 6.07 Å². The summed E-state index contributed by atoms with van der Waals surface area (Å²) in [7, 11) is 1.61. The van der Waals surface area contributed by atoms with Crippen molar-refractivity contribution in [3.05, 3.63) is 47.3 Å². The van der Waals surface area contributed by atoms with Crippen molar-refractivity contribution < 1.29 is 23.9 Å². The van der Waals surface area contributed by atoms with Gasteiger partial charge in [-0.05, 0) is 18.9 Å². The monoisotopic (exact) mass is 346 g/mol. The smallest absolute Gasteiger partial charge is 0.276 e. The normalized spacial score (nSPS) is 16.8. The number of methoxy groups -OCH3 is 1. The molecule has 1 aliphatic rings. The van der Waals surface area contributed by atoms with Gasteiger partial charge in [-0.1, -0.05) is 23.4 Å². The van der Waals surface area contributed by atoms with Crippen molar-refractivity contribution in [2.24, 2.45) is 0 Å². The molecule has 0 bridgehead atoms. The van der Waals surface area contributed by atoms with Crippen molar-refractivity contribution in [2.45, 2.75) is 32.1 Å². The molecule has 134 valence electrons. The van der Waals surface area contributed by atoms with Crippen molar-refractivity contribution >= 4 is 5.91 Å². The number of rotatable bonds is 7. The van der Waals surface area contributed by atoms with Gasteiger partial charge in [0.1, 0.15) is 12.4 Å².